The van der Waals surface area contributed by atoms with E-state index in [1.165, 1.54) is 69.8 Å². The molecule has 1 aromatic heterocycles. The fourth-order valence-corrected chi connectivity index (χ4v) is 8.08. The van der Waals surface area contributed by atoms with Crippen molar-refractivity contribution in [3.8, 4) is 21.6 Å². The Labute approximate surface area is 206 Å². The number of thiophene rings is 1. The molecule has 1 aliphatic heterocycles. The number of hydrogen-bond donors (Lipinski definition) is 0. The largest absolute Gasteiger partial charge is 0.368 e. The highest BCUT2D eigenvalue weighted by molar-refractivity contribution is 7.90. The average molecular weight is 541 g/mol. The molecule has 0 fully saturated rings. The molecule has 2 aromatic carbocycles. The van der Waals surface area contributed by atoms with Gasteiger partial charge < -0.3 is 9.47 Å². The van der Waals surface area contributed by atoms with Crippen LogP contribution in [0.1, 0.15) is 9.67 Å². The smallest absolute Gasteiger partial charge is 0.278 e. The molecule has 0 saturated carbocycles. The summed E-state index contributed by atoms with van der Waals surface area (Å²) >= 11 is 0.992. The Morgan fingerprint density at radius 3 is 2.03 bits per heavy atom. The van der Waals surface area contributed by atoms with E-state index < -0.39 is 31.8 Å². The van der Waals surface area contributed by atoms with Crippen molar-refractivity contribution in [1.29, 1.82) is 0 Å². The first kappa shape index (κ1) is 25.4. The number of carbonyl (C=O) groups is 1. The summed E-state index contributed by atoms with van der Waals surface area (Å²) in [4.78, 5) is 13.0. The minimum atomic E-state index is -4.11. The monoisotopic (exact) mass is 540 g/mol. The van der Waals surface area contributed by atoms with E-state index >= 15 is 0 Å². The van der Waals surface area contributed by atoms with Crippen LogP contribution in [0.15, 0.2) is 58.3 Å². The molecule has 0 unspecified atom stereocenters. The van der Waals surface area contributed by atoms with Gasteiger partial charge in [-0.1, -0.05) is 24.3 Å². The number of amides is 1. The molecule has 0 spiro atoms. The van der Waals surface area contributed by atoms with Crippen molar-refractivity contribution in [2.45, 2.75) is 9.79 Å². The van der Waals surface area contributed by atoms with Crippen LogP contribution in [0.5, 0.6) is 0 Å². The second-order valence-electron chi connectivity index (χ2n) is 7.57. The van der Waals surface area contributed by atoms with Crippen molar-refractivity contribution in [2.75, 3.05) is 34.7 Å². The molecular weight excluding hydrogens is 519 g/mol. The van der Waals surface area contributed by atoms with Crippen LogP contribution in [0.4, 0.5) is 4.39 Å². The Bertz CT molecular complexity index is 1480. The number of methoxy groups -OCH3 is 2. The summed E-state index contributed by atoms with van der Waals surface area (Å²) in [7, 11) is -4.19. The summed E-state index contributed by atoms with van der Waals surface area (Å²) in [5.74, 6) is -1.12. The molecule has 186 valence electrons. The molecule has 0 bridgehead atoms. The van der Waals surface area contributed by atoms with E-state index in [9.17, 15) is 26.0 Å². The van der Waals surface area contributed by atoms with E-state index in [-0.39, 0.29) is 33.7 Å². The molecular formula is C22H21FN2O7S3. The van der Waals surface area contributed by atoms with Gasteiger partial charge in [-0.05, 0) is 35.4 Å². The molecule has 0 atom stereocenters. The average Bonchev–Trinajstić information content (AvgIpc) is 3.31. The van der Waals surface area contributed by atoms with Crippen LogP contribution in [0.3, 0.4) is 0 Å². The fourth-order valence-electron chi connectivity index (χ4n) is 3.67. The van der Waals surface area contributed by atoms with Gasteiger partial charge in [0.2, 0.25) is 10.0 Å². The van der Waals surface area contributed by atoms with Crippen LogP contribution in [-0.2, 0) is 29.5 Å². The Hall–Kier alpha value is -2.68. The van der Waals surface area contributed by atoms with Crippen LogP contribution in [-0.4, -0.2) is 66.1 Å². The molecule has 13 heteroatoms. The summed E-state index contributed by atoms with van der Waals surface area (Å²) in [5.41, 5.74) is 1.16. The SMILES string of the molecule is COCN(COC)S(=O)(=O)c1ccc(-c2c(-c3ccc(F)cc3)sc3c2S(=O)(=O)N(C)C3=O)cc1. The van der Waals surface area contributed by atoms with Gasteiger partial charge >= 0.3 is 0 Å². The summed E-state index contributed by atoms with van der Waals surface area (Å²) < 4.78 is 77.2. The number of halogens is 1. The van der Waals surface area contributed by atoms with Gasteiger partial charge in [0.25, 0.3) is 15.9 Å². The van der Waals surface area contributed by atoms with E-state index in [0.717, 1.165) is 15.6 Å². The second kappa shape index (κ2) is 9.41. The Kier molecular flexibility index (Phi) is 6.83. The van der Waals surface area contributed by atoms with Crippen LogP contribution in [0.2, 0.25) is 0 Å². The number of nitrogens with zero attached hydrogens (tertiary/aromatic N) is 2. The maximum atomic E-state index is 13.5. The molecule has 0 aliphatic carbocycles. The minimum Gasteiger partial charge on any atom is -0.368 e. The molecule has 2 heterocycles. The number of rotatable bonds is 8. The maximum absolute atomic E-state index is 13.5. The highest BCUT2D eigenvalue weighted by Gasteiger charge is 2.44. The lowest BCUT2D eigenvalue weighted by Gasteiger charge is -2.20. The molecule has 3 aromatic rings. The van der Waals surface area contributed by atoms with Crippen molar-refractivity contribution >= 4 is 37.3 Å². The zero-order valence-electron chi connectivity index (χ0n) is 18.9. The highest BCUT2D eigenvalue weighted by Crippen LogP contribution is 2.49. The van der Waals surface area contributed by atoms with Crippen LogP contribution < -0.4 is 0 Å². The Morgan fingerprint density at radius 1 is 0.943 bits per heavy atom. The first-order valence-electron chi connectivity index (χ1n) is 10.1. The predicted molar refractivity (Wildman–Crippen MR) is 127 cm³/mol. The molecule has 1 aliphatic rings. The molecule has 0 radical (unpaired) electrons. The van der Waals surface area contributed by atoms with Crippen molar-refractivity contribution < 1.29 is 35.5 Å². The van der Waals surface area contributed by atoms with Crippen molar-refractivity contribution in [3.05, 3.63) is 59.2 Å². The van der Waals surface area contributed by atoms with Gasteiger partial charge in [0.1, 0.15) is 29.1 Å². The fraction of sp³-hybridized carbons (Fsp3) is 0.227. The maximum Gasteiger partial charge on any atom is 0.278 e. The van der Waals surface area contributed by atoms with E-state index in [1.54, 1.807) is 0 Å². The van der Waals surface area contributed by atoms with Gasteiger partial charge in [0.15, 0.2) is 0 Å². The molecule has 0 saturated heterocycles. The molecule has 35 heavy (non-hydrogen) atoms. The number of hydrogen-bond acceptors (Lipinski definition) is 8. The number of sulfonamides is 2. The van der Waals surface area contributed by atoms with Crippen LogP contribution >= 0.6 is 11.3 Å². The molecule has 9 nitrogen and oxygen atoms in total. The highest BCUT2D eigenvalue weighted by atomic mass is 32.2. The van der Waals surface area contributed by atoms with Crippen LogP contribution in [0.25, 0.3) is 21.6 Å². The zero-order chi connectivity index (χ0) is 25.5. The van der Waals surface area contributed by atoms with E-state index in [1.807, 2.05) is 0 Å². The van der Waals surface area contributed by atoms with Crippen LogP contribution in [0, 0.1) is 5.82 Å². The van der Waals surface area contributed by atoms with Gasteiger partial charge in [-0.3, -0.25) is 4.79 Å². The summed E-state index contributed by atoms with van der Waals surface area (Å²) in [5, 5.41) is 0. The Morgan fingerprint density at radius 2 is 1.49 bits per heavy atom. The van der Waals surface area contributed by atoms with Crippen molar-refractivity contribution in [3.63, 3.8) is 0 Å². The van der Waals surface area contributed by atoms with Gasteiger partial charge in [-0.15, -0.1) is 15.6 Å². The van der Waals surface area contributed by atoms with E-state index in [2.05, 4.69) is 0 Å². The third kappa shape index (κ3) is 4.28. The predicted octanol–water partition coefficient (Wildman–Crippen LogP) is 3.19. The van der Waals surface area contributed by atoms with Crippen molar-refractivity contribution in [1.82, 2.24) is 8.61 Å². The third-order valence-corrected chi connectivity index (χ3v) is 10.3. The molecule has 0 N–H and O–H groups in total. The lowest BCUT2D eigenvalue weighted by atomic mass is 10.0. The standard InChI is InChI=1S/C22H21FN2O7S3/c1-24-22(26)20-21(35(24,29)30)18(19(33-20)15-4-8-16(23)9-5-15)14-6-10-17(11-7-14)34(27,28)25(12-31-2)13-32-3/h4-11H,12-13H2,1-3H3. The number of fused-ring (bicyclic) bond motifs is 1. The van der Waals surface area contributed by atoms with E-state index in [0.29, 0.717) is 20.3 Å². The van der Waals surface area contributed by atoms with Crippen molar-refractivity contribution in [2.24, 2.45) is 0 Å². The normalized spacial score (nSPS) is 15.1. The third-order valence-electron chi connectivity index (χ3n) is 5.40. The second-order valence-corrected chi connectivity index (χ2v) is 12.4. The zero-order valence-corrected chi connectivity index (χ0v) is 21.3. The van der Waals surface area contributed by atoms with Gasteiger partial charge in [0, 0.05) is 31.7 Å². The summed E-state index contributed by atoms with van der Waals surface area (Å²) in [6.45, 7) is -0.450. The van der Waals surface area contributed by atoms with Gasteiger partial charge in [-0.25, -0.2) is 25.5 Å². The molecule has 1 amide bonds. The number of benzene rings is 2. The topological polar surface area (TPSA) is 110 Å². The first-order chi connectivity index (χ1) is 16.5. The van der Waals surface area contributed by atoms with Gasteiger partial charge in [0.05, 0.1) is 4.90 Å². The molecule has 4 rings (SSSR count). The first-order valence-corrected chi connectivity index (χ1v) is 13.8. The minimum absolute atomic E-state index is 0.0462. The van der Waals surface area contributed by atoms with Gasteiger partial charge in [-0.2, -0.15) is 0 Å². The lowest BCUT2D eigenvalue weighted by molar-refractivity contribution is 0.0405. The Balaban J connectivity index is 1.88. The number of carbonyl (C=O) groups excluding carboxylic acids is 1. The van der Waals surface area contributed by atoms with E-state index in [4.69, 9.17) is 9.47 Å². The summed E-state index contributed by atoms with van der Waals surface area (Å²) in [6.07, 6.45) is 0. The quantitative estimate of drug-likeness (QED) is 0.404. The lowest BCUT2D eigenvalue weighted by Crippen LogP contribution is -2.34. The number of ether oxygens (including phenoxy) is 2. The summed E-state index contributed by atoms with van der Waals surface area (Å²) in [6, 6.07) is 11.1.